The molecule has 1 aliphatic heterocycles. The maximum absolute atomic E-state index is 14.4. The van der Waals surface area contributed by atoms with Gasteiger partial charge < -0.3 is 14.6 Å². The third-order valence-corrected chi connectivity index (χ3v) is 10.9. The number of hydrogen-bond acceptors (Lipinski definition) is 7. The first-order valence-electron chi connectivity index (χ1n) is 13.2. The second-order valence-electron chi connectivity index (χ2n) is 10.1. The van der Waals surface area contributed by atoms with Crippen LogP contribution >= 0.6 is 0 Å². The van der Waals surface area contributed by atoms with Crippen molar-refractivity contribution in [3.8, 4) is 23.3 Å². The van der Waals surface area contributed by atoms with Crippen LogP contribution in [-0.4, -0.2) is 76.6 Å². The molecule has 0 saturated heterocycles. The zero-order chi connectivity index (χ0) is 30.7. The van der Waals surface area contributed by atoms with Crippen molar-refractivity contribution in [1.29, 1.82) is 0 Å². The molecule has 0 spiro atoms. The quantitative estimate of drug-likeness (QED) is 0.405. The maximum atomic E-state index is 14.4. The minimum Gasteiger partial charge on any atom is -0.497 e. The van der Waals surface area contributed by atoms with E-state index in [4.69, 9.17) is 9.47 Å². The number of halogens is 1. The number of sulfonamides is 2. The topological polar surface area (TPSA) is 113 Å². The largest absolute Gasteiger partial charge is 0.497 e. The summed E-state index contributed by atoms with van der Waals surface area (Å²) in [5.41, 5.74) is 1.15. The molecule has 1 heterocycles. The molecule has 1 N–H and O–H groups in total. The molecule has 0 fully saturated rings. The summed E-state index contributed by atoms with van der Waals surface area (Å²) in [5, 5.41) is 9.86. The molecule has 0 amide bonds. The van der Waals surface area contributed by atoms with Gasteiger partial charge in [-0.25, -0.2) is 21.2 Å². The first-order chi connectivity index (χ1) is 19.9. The van der Waals surface area contributed by atoms with E-state index in [0.717, 1.165) is 10.4 Å². The summed E-state index contributed by atoms with van der Waals surface area (Å²) in [7, 11) is -5.46. The van der Waals surface area contributed by atoms with E-state index in [0.29, 0.717) is 16.9 Å². The molecule has 9 nitrogen and oxygen atoms in total. The summed E-state index contributed by atoms with van der Waals surface area (Å²) >= 11 is 0. The Kier molecular flexibility index (Phi) is 9.60. The molecule has 4 rings (SSSR count). The van der Waals surface area contributed by atoms with Gasteiger partial charge in [-0.3, -0.25) is 0 Å². The number of aliphatic hydroxyl groups is 1. The molecule has 0 aliphatic carbocycles. The molecular formula is C30H33FN2O7S2. The zero-order valence-corrected chi connectivity index (χ0v) is 25.3. The number of likely N-dealkylation sites (N-methyl/N-ethyl adjacent to an activating group) is 1. The lowest BCUT2D eigenvalue weighted by Crippen LogP contribution is -2.50. The molecule has 42 heavy (non-hydrogen) atoms. The number of rotatable bonds is 7. The molecule has 0 saturated carbocycles. The van der Waals surface area contributed by atoms with Crippen LogP contribution < -0.4 is 9.47 Å². The van der Waals surface area contributed by atoms with Gasteiger partial charge in [0.15, 0.2) is 0 Å². The second-order valence-corrected chi connectivity index (χ2v) is 14.0. The smallest absolute Gasteiger partial charge is 0.247 e. The van der Waals surface area contributed by atoms with Gasteiger partial charge in [-0.2, -0.15) is 8.61 Å². The van der Waals surface area contributed by atoms with Crippen LogP contribution in [0.5, 0.6) is 11.5 Å². The molecule has 12 heteroatoms. The second kappa shape index (κ2) is 12.8. The number of hydrogen-bond donors (Lipinski definition) is 1. The van der Waals surface area contributed by atoms with E-state index in [-0.39, 0.29) is 23.7 Å². The van der Waals surface area contributed by atoms with Gasteiger partial charge in [-0.15, -0.1) is 0 Å². The average Bonchev–Trinajstić information content (AvgIpc) is 2.97. The Morgan fingerprint density at radius 2 is 1.81 bits per heavy atom. The van der Waals surface area contributed by atoms with Gasteiger partial charge in [-0.1, -0.05) is 37.0 Å². The van der Waals surface area contributed by atoms with E-state index in [1.165, 1.54) is 41.7 Å². The van der Waals surface area contributed by atoms with Crippen LogP contribution in [0, 0.1) is 23.6 Å². The van der Waals surface area contributed by atoms with E-state index in [9.17, 15) is 26.3 Å². The lowest BCUT2D eigenvalue weighted by atomic mass is 10.0. The van der Waals surface area contributed by atoms with Crippen molar-refractivity contribution in [3.63, 3.8) is 0 Å². The first-order valence-corrected chi connectivity index (χ1v) is 16.1. The third kappa shape index (κ3) is 6.61. The van der Waals surface area contributed by atoms with Gasteiger partial charge in [0.1, 0.15) is 33.2 Å². The Bertz CT molecular complexity index is 1720. The number of aliphatic hydroxyl groups excluding tert-OH is 1. The van der Waals surface area contributed by atoms with Gasteiger partial charge in [0, 0.05) is 36.7 Å². The molecular weight excluding hydrogens is 583 g/mol. The molecule has 3 aromatic carbocycles. The normalized spacial score (nSPS) is 19.4. The zero-order valence-electron chi connectivity index (χ0n) is 23.7. The molecule has 0 bridgehead atoms. The molecule has 0 aromatic heterocycles. The maximum Gasteiger partial charge on any atom is 0.247 e. The fourth-order valence-electron chi connectivity index (χ4n) is 4.54. The van der Waals surface area contributed by atoms with E-state index in [1.807, 2.05) is 6.07 Å². The molecule has 0 unspecified atom stereocenters. The fraction of sp³-hybridized carbons (Fsp3) is 0.333. The van der Waals surface area contributed by atoms with Crippen LogP contribution in [0.2, 0.25) is 0 Å². The highest BCUT2D eigenvalue weighted by Gasteiger charge is 2.39. The predicted molar refractivity (Wildman–Crippen MR) is 156 cm³/mol. The Morgan fingerprint density at radius 1 is 1.12 bits per heavy atom. The lowest BCUT2D eigenvalue weighted by molar-refractivity contribution is 0.0904. The first kappa shape index (κ1) is 31.5. The van der Waals surface area contributed by atoms with Crippen LogP contribution in [0.3, 0.4) is 0 Å². The minimum absolute atomic E-state index is 0.00387. The SMILES string of the molecule is COc1cccc(C#Cc2ccc3c(c2)O[C@H](CN(C)S(=O)(=O)c2ccccc2F)[C@H](C)CN([C@@H](C)CO)S3(=O)=O)c1. The summed E-state index contributed by atoms with van der Waals surface area (Å²) in [6.45, 7) is 2.67. The van der Waals surface area contributed by atoms with Gasteiger partial charge in [0.05, 0.1) is 20.3 Å². The van der Waals surface area contributed by atoms with Crippen molar-refractivity contribution in [2.45, 2.75) is 35.8 Å². The Hall–Kier alpha value is -3.47. The van der Waals surface area contributed by atoms with Crippen molar-refractivity contribution in [1.82, 2.24) is 8.61 Å². The van der Waals surface area contributed by atoms with Crippen LogP contribution in [-0.2, 0) is 20.0 Å². The number of nitrogens with zero attached hydrogens (tertiary/aromatic N) is 2. The lowest BCUT2D eigenvalue weighted by Gasteiger charge is -2.37. The summed E-state index contributed by atoms with van der Waals surface area (Å²) in [5.74, 6) is 5.26. The highest BCUT2D eigenvalue weighted by atomic mass is 32.2. The van der Waals surface area contributed by atoms with Crippen LogP contribution in [0.25, 0.3) is 0 Å². The van der Waals surface area contributed by atoms with E-state index >= 15 is 0 Å². The Morgan fingerprint density at radius 3 is 2.48 bits per heavy atom. The number of ether oxygens (including phenoxy) is 2. The highest BCUT2D eigenvalue weighted by Crippen LogP contribution is 2.34. The van der Waals surface area contributed by atoms with Crippen molar-refractivity contribution in [2.75, 3.05) is 33.9 Å². The van der Waals surface area contributed by atoms with Gasteiger partial charge in [0.25, 0.3) is 0 Å². The third-order valence-electron chi connectivity index (χ3n) is 7.05. The van der Waals surface area contributed by atoms with Crippen molar-refractivity contribution in [2.24, 2.45) is 5.92 Å². The Labute approximate surface area is 246 Å². The van der Waals surface area contributed by atoms with Gasteiger partial charge in [0.2, 0.25) is 20.0 Å². The Balaban J connectivity index is 1.75. The summed E-state index contributed by atoms with van der Waals surface area (Å²) < 4.78 is 82.0. The number of benzene rings is 3. The fourth-order valence-corrected chi connectivity index (χ4v) is 7.61. The number of fused-ring (bicyclic) bond motifs is 1. The van der Waals surface area contributed by atoms with Crippen LogP contribution in [0.4, 0.5) is 4.39 Å². The van der Waals surface area contributed by atoms with Crippen LogP contribution in [0.15, 0.2) is 76.5 Å². The van der Waals surface area contributed by atoms with Crippen molar-refractivity contribution in [3.05, 3.63) is 83.7 Å². The van der Waals surface area contributed by atoms with Crippen molar-refractivity contribution < 1.29 is 35.8 Å². The molecule has 3 aromatic rings. The van der Waals surface area contributed by atoms with E-state index < -0.39 is 55.4 Å². The summed E-state index contributed by atoms with van der Waals surface area (Å²) in [6, 6.07) is 15.9. The monoisotopic (exact) mass is 616 g/mol. The standard InChI is InChI=1S/C30H33FN2O7S2/c1-21-18-33(22(2)20-34)42(37,38)30-15-14-24(13-12-23-8-7-9-25(16-23)39-4)17-27(30)40-28(21)19-32(3)41(35,36)29-11-6-5-10-26(29)31/h5-11,14-17,21-22,28,34H,18-20H2,1-4H3/t21-,22+,28-/m1/s1. The van der Waals surface area contributed by atoms with Gasteiger partial charge in [-0.05, 0) is 55.5 Å². The average molecular weight is 617 g/mol. The molecule has 1 aliphatic rings. The van der Waals surface area contributed by atoms with E-state index in [2.05, 4.69) is 11.8 Å². The molecule has 224 valence electrons. The molecule has 0 radical (unpaired) electrons. The molecule has 3 atom stereocenters. The van der Waals surface area contributed by atoms with Gasteiger partial charge >= 0.3 is 0 Å². The highest BCUT2D eigenvalue weighted by molar-refractivity contribution is 7.89. The van der Waals surface area contributed by atoms with Crippen LogP contribution in [0.1, 0.15) is 25.0 Å². The summed E-state index contributed by atoms with van der Waals surface area (Å²) in [6.07, 6.45) is -0.833. The van der Waals surface area contributed by atoms with E-state index in [1.54, 1.807) is 45.2 Å². The number of methoxy groups -OCH3 is 1. The summed E-state index contributed by atoms with van der Waals surface area (Å²) in [4.78, 5) is -0.606. The van der Waals surface area contributed by atoms with Crippen molar-refractivity contribution >= 4 is 20.0 Å². The predicted octanol–water partition coefficient (Wildman–Crippen LogP) is 3.32. The minimum atomic E-state index is -4.23.